The summed E-state index contributed by atoms with van der Waals surface area (Å²) >= 11 is 0. The lowest BCUT2D eigenvalue weighted by Gasteiger charge is -2.34. The summed E-state index contributed by atoms with van der Waals surface area (Å²) in [4.78, 5) is 12.3. The summed E-state index contributed by atoms with van der Waals surface area (Å²) in [5.41, 5.74) is 6.14. The highest BCUT2D eigenvalue weighted by molar-refractivity contribution is 5.79. The highest BCUT2D eigenvalue weighted by Gasteiger charge is 2.34. The summed E-state index contributed by atoms with van der Waals surface area (Å²) < 4.78 is 0. The lowest BCUT2D eigenvalue weighted by molar-refractivity contribution is -0.128. The minimum atomic E-state index is 0.0382. The molecule has 3 nitrogen and oxygen atoms in total. The number of nitrogens with one attached hydrogen (secondary N) is 1. The van der Waals surface area contributed by atoms with E-state index in [-0.39, 0.29) is 17.9 Å². The second-order valence-corrected chi connectivity index (χ2v) is 6.97. The molecule has 0 aromatic rings. The standard InChI is InChI=1S/C16H30N2O/c1-11-6-8-13(9-7-11)10-18-16(19)15-12(2)4-3-5-14(15)17/h11-15H,3-10,17H2,1-2H3,(H,18,19). The van der Waals surface area contributed by atoms with Gasteiger partial charge >= 0.3 is 0 Å². The number of carbonyl (C=O) groups excluding carboxylic acids is 1. The number of nitrogens with two attached hydrogens (primary N) is 1. The van der Waals surface area contributed by atoms with Gasteiger partial charge in [0.1, 0.15) is 0 Å². The molecule has 0 saturated heterocycles. The maximum atomic E-state index is 12.3. The van der Waals surface area contributed by atoms with Crippen LogP contribution >= 0.6 is 0 Å². The third-order valence-corrected chi connectivity index (χ3v) is 5.27. The molecule has 1 amide bonds. The largest absolute Gasteiger partial charge is 0.356 e. The number of rotatable bonds is 3. The maximum absolute atomic E-state index is 12.3. The van der Waals surface area contributed by atoms with Gasteiger partial charge in [-0.05, 0) is 43.4 Å². The number of hydrogen-bond donors (Lipinski definition) is 2. The molecule has 2 aliphatic rings. The summed E-state index contributed by atoms with van der Waals surface area (Å²) in [5.74, 6) is 2.25. The van der Waals surface area contributed by atoms with Crippen molar-refractivity contribution in [2.75, 3.05) is 6.54 Å². The van der Waals surface area contributed by atoms with E-state index in [0.29, 0.717) is 11.8 Å². The average Bonchev–Trinajstić information content (AvgIpc) is 2.38. The minimum Gasteiger partial charge on any atom is -0.356 e. The molecule has 3 heteroatoms. The number of amides is 1. The fraction of sp³-hybridized carbons (Fsp3) is 0.938. The Morgan fingerprint density at radius 1 is 1.11 bits per heavy atom. The van der Waals surface area contributed by atoms with E-state index in [9.17, 15) is 4.79 Å². The van der Waals surface area contributed by atoms with E-state index in [1.807, 2.05) is 0 Å². The zero-order chi connectivity index (χ0) is 13.8. The van der Waals surface area contributed by atoms with E-state index in [4.69, 9.17) is 5.73 Å². The molecule has 0 spiro atoms. The summed E-state index contributed by atoms with van der Waals surface area (Å²) in [6, 6.07) is 0.0649. The molecule has 0 aromatic carbocycles. The normalized spacial score (nSPS) is 39.8. The summed E-state index contributed by atoms with van der Waals surface area (Å²) in [6.07, 6.45) is 8.50. The van der Waals surface area contributed by atoms with Crippen molar-refractivity contribution in [3.63, 3.8) is 0 Å². The van der Waals surface area contributed by atoms with Gasteiger partial charge < -0.3 is 11.1 Å². The van der Waals surface area contributed by atoms with Crippen LogP contribution in [0.3, 0.4) is 0 Å². The highest BCUT2D eigenvalue weighted by atomic mass is 16.1. The second-order valence-electron chi connectivity index (χ2n) is 6.97. The van der Waals surface area contributed by atoms with Gasteiger partial charge in [0.05, 0.1) is 5.92 Å². The Morgan fingerprint density at radius 3 is 2.42 bits per heavy atom. The molecule has 19 heavy (non-hydrogen) atoms. The molecule has 2 aliphatic carbocycles. The summed E-state index contributed by atoms with van der Waals surface area (Å²) in [7, 11) is 0. The second kappa shape index (κ2) is 6.74. The molecular formula is C16H30N2O. The predicted molar refractivity (Wildman–Crippen MR) is 78.6 cm³/mol. The predicted octanol–water partition coefficient (Wildman–Crippen LogP) is 2.69. The van der Waals surface area contributed by atoms with Crippen molar-refractivity contribution in [3.05, 3.63) is 0 Å². The van der Waals surface area contributed by atoms with Crippen LogP contribution in [0.15, 0.2) is 0 Å². The van der Waals surface area contributed by atoms with Crippen molar-refractivity contribution in [2.24, 2.45) is 29.4 Å². The van der Waals surface area contributed by atoms with Gasteiger partial charge in [0.2, 0.25) is 5.91 Å². The van der Waals surface area contributed by atoms with Crippen LogP contribution < -0.4 is 11.1 Å². The molecule has 3 atom stereocenters. The molecule has 110 valence electrons. The van der Waals surface area contributed by atoms with Crippen LogP contribution in [0.25, 0.3) is 0 Å². The van der Waals surface area contributed by atoms with Gasteiger partial charge in [-0.25, -0.2) is 0 Å². The minimum absolute atomic E-state index is 0.0382. The first kappa shape index (κ1) is 14.8. The molecule has 2 fully saturated rings. The van der Waals surface area contributed by atoms with E-state index in [0.717, 1.165) is 25.3 Å². The Kier molecular flexibility index (Phi) is 5.26. The van der Waals surface area contributed by atoms with Crippen LogP contribution in [0.4, 0.5) is 0 Å². The van der Waals surface area contributed by atoms with Gasteiger partial charge in [0.25, 0.3) is 0 Å². The molecule has 3 N–H and O–H groups in total. The van der Waals surface area contributed by atoms with Crippen LogP contribution in [0.2, 0.25) is 0 Å². The Balaban J connectivity index is 1.77. The highest BCUT2D eigenvalue weighted by Crippen LogP contribution is 2.30. The van der Waals surface area contributed by atoms with Crippen molar-refractivity contribution >= 4 is 5.91 Å². The third-order valence-electron chi connectivity index (χ3n) is 5.27. The van der Waals surface area contributed by atoms with Crippen molar-refractivity contribution in [1.29, 1.82) is 0 Å². The number of hydrogen-bond acceptors (Lipinski definition) is 2. The Hall–Kier alpha value is -0.570. The zero-order valence-corrected chi connectivity index (χ0v) is 12.5. The van der Waals surface area contributed by atoms with Gasteiger partial charge in [-0.3, -0.25) is 4.79 Å². The van der Waals surface area contributed by atoms with E-state index >= 15 is 0 Å². The van der Waals surface area contributed by atoms with Crippen molar-refractivity contribution in [3.8, 4) is 0 Å². The Bertz CT molecular complexity index is 287. The van der Waals surface area contributed by atoms with Gasteiger partial charge in [0, 0.05) is 12.6 Å². The van der Waals surface area contributed by atoms with Gasteiger partial charge in [-0.1, -0.05) is 33.1 Å². The van der Waals surface area contributed by atoms with E-state index in [2.05, 4.69) is 19.2 Å². The lowest BCUT2D eigenvalue weighted by Crippen LogP contribution is -2.48. The molecule has 3 unspecified atom stereocenters. The van der Waals surface area contributed by atoms with Crippen molar-refractivity contribution in [2.45, 2.75) is 64.8 Å². The maximum Gasteiger partial charge on any atom is 0.224 e. The van der Waals surface area contributed by atoms with Crippen LogP contribution in [0.5, 0.6) is 0 Å². The lowest BCUT2D eigenvalue weighted by atomic mass is 9.76. The van der Waals surface area contributed by atoms with E-state index < -0.39 is 0 Å². The van der Waals surface area contributed by atoms with Crippen LogP contribution in [0, 0.1) is 23.7 Å². The van der Waals surface area contributed by atoms with Crippen LogP contribution in [-0.4, -0.2) is 18.5 Å². The quantitative estimate of drug-likeness (QED) is 0.825. The molecule has 2 saturated carbocycles. The molecule has 0 aromatic heterocycles. The van der Waals surface area contributed by atoms with Crippen LogP contribution in [0.1, 0.15) is 58.8 Å². The Morgan fingerprint density at radius 2 is 1.79 bits per heavy atom. The molecular weight excluding hydrogens is 236 g/mol. The van der Waals surface area contributed by atoms with E-state index in [1.165, 1.54) is 32.1 Å². The van der Waals surface area contributed by atoms with Gasteiger partial charge in [0.15, 0.2) is 0 Å². The Labute approximate surface area is 117 Å². The smallest absolute Gasteiger partial charge is 0.224 e. The fourth-order valence-electron chi connectivity index (χ4n) is 3.81. The first-order chi connectivity index (χ1) is 9.08. The SMILES string of the molecule is CC1CCC(CNC(=O)C2C(C)CCCC2N)CC1. The van der Waals surface area contributed by atoms with Crippen LogP contribution in [-0.2, 0) is 4.79 Å². The first-order valence-electron chi connectivity index (χ1n) is 8.11. The molecule has 0 aliphatic heterocycles. The molecule has 0 bridgehead atoms. The van der Waals surface area contributed by atoms with Crippen molar-refractivity contribution < 1.29 is 4.79 Å². The molecule has 0 radical (unpaired) electrons. The van der Waals surface area contributed by atoms with Gasteiger partial charge in [-0.2, -0.15) is 0 Å². The topological polar surface area (TPSA) is 55.1 Å². The number of carbonyl (C=O) groups is 1. The molecule has 2 rings (SSSR count). The summed E-state index contributed by atoms with van der Waals surface area (Å²) in [6.45, 7) is 5.37. The average molecular weight is 266 g/mol. The van der Waals surface area contributed by atoms with Gasteiger partial charge in [-0.15, -0.1) is 0 Å². The fourth-order valence-corrected chi connectivity index (χ4v) is 3.81. The third kappa shape index (κ3) is 3.95. The first-order valence-corrected chi connectivity index (χ1v) is 8.11. The molecule has 0 heterocycles. The monoisotopic (exact) mass is 266 g/mol. The zero-order valence-electron chi connectivity index (χ0n) is 12.5. The van der Waals surface area contributed by atoms with Crippen molar-refractivity contribution in [1.82, 2.24) is 5.32 Å². The summed E-state index contributed by atoms with van der Waals surface area (Å²) in [5, 5.41) is 3.18. The van der Waals surface area contributed by atoms with E-state index in [1.54, 1.807) is 0 Å².